The highest BCUT2D eigenvalue weighted by molar-refractivity contribution is 6.30. The molecule has 1 heterocycles. The number of pyridine rings is 1. The van der Waals surface area contributed by atoms with E-state index >= 15 is 0 Å². The lowest BCUT2D eigenvalue weighted by Gasteiger charge is -2.08. The van der Waals surface area contributed by atoms with Crippen molar-refractivity contribution in [2.45, 2.75) is 6.92 Å². The molecule has 120 valence electrons. The third kappa shape index (κ3) is 4.40. The minimum atomic E-state index is -0.728. The number of rotatable bonds is 4. The van der Waals surface area contributed by atoms with Crippen molar-refractivity contribution in [1.29, 1.82) is 0 Å². The summed E-state index contributed by atoms with van der Waals surface area (Å²) in [4.78, 5) is 38.9. The van der Waals surface area contributed by atoms with Crippen LogP contribution in [0.5, 0.6) is 0 Å². The maximum absolute atomic E-state index is 12.1. The molecule has 0 bridgehead atoms. The zero-order valence-electron chi connectivity index (χ0n) is 12.3. The highest BCUT2D eigenvalue weighted by atomic mass is 35.5. The fourth-order valence-electron chi connectivity index (χ4n) is 1.89. The molecule has 1 aromatic carbocycles. The molecule has 8 heteroatoms. The van der Waals surface area contributed by atoms with E-state index in [2.05, 4.69) is 10.3 Å². The number of ether oxygens (including phenoxy) is 1. The second-order valence-electron chi connectivity index (χ2n) is 4.49. The second-order valence-corrected chi connectivity index (χ2v) is 4.88. The van der Waals surface area contributed by atoms with Gasteiger partial charge in [-0.1, -0.05) is 29.8 Å². The van der Waals surface area contributed by atoms with Crippen LogP contribution in [-0.2, 0) is 9.53 Å². The number of benzene rings is 1. The normalized spacial score (nSPS) is 10.2. The standard InChI is InChI=1S/C15H14ClN3O4/c1-2-17-15(22)19-13(20)8-23-14(21)10-7-12(16)18-11-6-4-3-5-9(10)11/h3-7H,2,8H2,1H3,(H2,17,19,20,22). The highest BCUT2D eigenvalue weighted by Crippen LogP contribution is 2.21. The van der Waals surface area contributed by atoms with Gasteiger partial charge in [0.25, 0.3) is 5.91 Å². The molecular formula is C15H14ClN3O4. The van der Waals surface area contributed by atoms with Gasteiger partial charge in [-0.25, -0.2) is 14.6 Å². The quantitative estimate of drug-likeness (QED) is 0.657. The predicted molar refractivity (Wildman–Crippen MR) is 84.3 cm³/mol. The first-order chi connectivity index (χ1) is 11.0. The van der Waals surface area contributed by atoms with Crippen LogP contribution in [0.15, 0.2) is 30.3 Å². The number of urea groups is 1. The number of aromatic nitrogens is 1. The minimum absolute atomic E-state index is 0.141. The molecule has 0 radical (unpaired) electrons. The van der Waals surface area contributed by atoms with Gasteiger partial charge in [0.15, 0.2) is 6.61 Å². The molecular weight excluding hydrogens is 322 g/mol. The lowest BCUT2D eigenvalue weighted by Crippen LogP contribution is -2.41. The van der Waals surface area contributed by atoms with Crippen molar-refractivity contribution in [2.24, 2.45) is 0 Å². The number of carbonyl (C=O) groups excluding carboxylic acids is 3. The zero-order valence-corrected chi connectivity index (χ0v) is 13.0. The molecule has 2 aromatic rings. The van der Waals surface area contributed by atoms with Gasteiger partial charge in [-0.2, -0.15) is 0 Å². The van der Waals surface area contributed by atoms with Gasteiger partial charge in [0.1, 0.15) is 5.15 Å². The largest absolute Gasteiger partial charge is 0.452 e. The number of fused-ring (bicyclic) bond motifs is 1. The van der Waals surface area contributed by atoms with Gasteiger partial charge in [-0.15, -0.1) is 0 Å². The molecule has 7 nitrogen and oxygen atoms in total. The first kappa shape index (κ1) is 16.7. The van der Waals surface area contributed by atoms with Crippen molar-refractivity contribution >= 4 is 40.4 Å². The topological polar surface area (TPSA) is 97.4 Å². The molecule has 0 aliphatic heterocycles. The van der Waals surface area contributed by atoms with Gasteiger partial charge in [0.05, 0.1) is 11.1 Å². The van der Waals surface area contributed by atoms with Crippen LogP contribution in [-0.4, -0.2) is 36.0 Å². The summed E-state index contributed by atoms with van der Waals surface area (Å²) >= 11 is 5.88. The lowest BCUT2D eigenvalue weighted by molar-refractivity contribution is -0.123. The summed E-state index contributed by atoms with van der Waals surface area (Å²) in [6.45, 7) is 1.51. The van der Waals surface area contributed by atoms with Crippen molar-refractivity contribution in [3.05, 3.63) is 41.0 Å². The maximum Gasteiger partial charge on any atom is 0.339 e. The van der Waals surface area contributed by atoms with Crippen LogP contribution in [0.4, 0.5) is 4.79 Å². The van der Waals surface area contributed by atoms with Crippen LogP contribution in [0.2, 0.25) is 5.15 Å². The number of imide groups is 1. The third-order valence-electron chi connectivity index (χ3n) is 2.83. The number of carbonyl (C=O) groups is 3. The summed E-state index contributed by atoms with van der Waals surface area (Å²) in [6.07, 6.45) is 0. The molecule has 2 N–H and O–H groups in total. The molecule has 3 amide bonds. The Bertz CT molecular complexity index is 763. The molecule has 0 aliphatic rings. The molecule has 0 unspecified atom stereocenters. The van der Waals surface area contributed by atoms with Gasteiger partial charge in [-0.05, 0) is 19.1 Å². The van der Waals surface area contributed by atoms with Crippen molar-refractivity contribution in [1.82, 2.24) is 15.6 Å². The monoisotopic (exact) mass is 335 g/mol. The number of nitrogens with zero attached hydrogens (tertiary/aromatic N) is 1. The molecule has 2 rings (SSSR count). The third-order valence-corrected chi connectivity index (χ3v) is 3.02. The van der Waals surface area contributed by atoms with Crippen LogP contribution in [0, 0.1) is 0 Å². The molecule has 0 spiro atoms. The number of amides is 3. The summed E-state index contributed by atoms with van der Waals surface area (Å²) < 4.78 is 4.91. The summed E-state index contributed by atoms with van der Waals surface area (Å²) in [6, 6.07) is 7.64. The predicted octanol–water partition coefficient (Wildman–Crippen LogP) is 1.89. The van der Waals surface area contributed by atoms with Crippen molar-refractivity contribution in [2.75, 3.05) is 13.2 Å². The Kier molecular flexibility index (Phi) is 5.48. The molecule has 0 atom stereocenters. The number of para-hydroxylation sites is 1. The first-order valence-corrected chi connectivity index (χ1v) is 7.19. The van der Waals surface area contributed by atoms with E-state index < -0.39 is 24.5 Å². The van der Waals surface area contributed by atoms with E-state index in [1.54, 1.807) is 31.2 Å². The second kappa shape index (κ2) is 7.55. The molecule has 0 saturated heterocycles. The Morgan fingerprint density at radius 2 is 2.00 bits per heavy atom. The van der Waals surface area contributed by atoms with Gasteiger partial charge in [0, 0.05) is 11.9 Å². The Labute approximate surface area is 137 Å². The SMILES string of the molecule is CCNC(=O)NC(=O)COC(=O)c1cc(Cl)nc2ccccc12. The van der Waals surface area contributed by atoms with Crippen LogP contribution in [0.1, 0.15) is 17.3 Å². The van der Waals surface area contributed by atoms with E-state index in [0.29, 0.717) is 17.4 Å². The van der Waals surface area contributed by atoms with Crippen molar-refractivity contribution in [3.8, 4) is 0 Å². The van der Waals surface area contributed by atoms with E-state index in [0.717, 1.165) is 0 Å². The van der Waals surface area contributed by atoms with E-state index in [4.69, 9.17) is 16.3 Å². The molecule has 0 fully saturated rings. The van der Waals surface area contributed by atoms with Gasteiger partial charge < -0.3 is 10.1 Å². The molecule has 23 heavy (non-hydrogen) atoms. The number of hydrogen-bond donors (Lipinski definition) is 2. The fraction of sp³-hybridized carbons (Fsp3) is 0.200. The van der Waals surface area contributed by atoms with Crippen LogP contribution >= 0.6 is 11.6 Å². The number of halogens is 1. The average Bonchev–Trinajstić information content (AvgIpc) is 2.52. The summed E-state index contributed by atoms with van der Waals surface area (Å²) in [7, 11) is 0. The summed E-state index contributed by atoms with van der Waals surface area (Å²) in [5.41, 5.74) is 0.741. The number of nitrogens with one attached hydrogen (secondary N) is 2. The van der Waals surface area contributed by atoms with E-state index in [-0.39, 0.29) is 10.7 Å². The molecule has 0 saturated carbocycles. The van der Waals surface area contributed by atoms with Crippen LogP contribution < -0.4 is 10.6 Å². The van der Waals surface area contributed by atoms with E-state index in [1.165, 1.54) is 6.07 Å². The van der Waals surface area contributed by atoms with Gasteiger partial charge >= 0.3 is 12.0 Å². The number of hydrogen-bond acceptors (Lipinski definition) is 5. The molecule has 0 aliphatic carbocycles. The number of esters is 1. The average molecular weight is 336 g/mol. The van der Waals surface area contributed by atoms with Crippen LogP contribution in [0.25, 0.3) is 10.9 Å². The van der Waals surface area contributed by atoms with E-state index in [1.807, 2.05) is 5.32 Å². The van der Waals surface area contributed by atoms with Gasteiger partial charge in [0.2, 0.25) is 0 Å². The highest BCUT2D eigenvalue weighted by Gasteiger charge is 2.16. The smallest absolute Gasteiger partial charge is 0.339 e. The van der Waals surface area contributed by atoms with Crippen LogP contribution in [0.3, 0.4) is 0 Å². The van der Waals surface area contributed by atoms with Gasteiger partial charge in [-0.3, -0.25) is 10.1 Å². The summed E-state index contributed by atoms with van der Waals surface area (Å²) in [5.74, 6) is -1.45. The fourth-order valence-corrected chi connectivity index (χ4v) is 2.09. The van der Waals surface area contributed by atoms with Crippen molar-refractivity contribution < 1.29 is 19.1 Å². The maximum atomic E-state index is 12.1. The first-order valence-electron chi connectivity index (χ1n) is 6.81. The minimum Gasteiger partial charge on any atom is -0.452 e. The molecule has 1 aromatic heterocycles. The zero-order chi connectivity index (χ0) is 16.8. The Balaban J connectivity index is 2.07. The lowest BCUT2D eigenvalue weighted by atomic mass is 10.1. The van der Waals surface area contributed by atoms with Crippen molar-refractivity contribution in [3.63, 3.8) is 0 Å². The summed E-state index contributed by atoms with van der Waals surface area (Å²) in [5, 5.41) is 5.12. The Hall–Kier alpha value is -2.67. The van der Waals surface area contributed by atoms with E-state index in [9.17, 15) is 14.4 Å². The Morgan fingerprint density at radius 3 is 2.74 bits per heavy atom. The Morgan fingerprint density at radius 1 is 1.26 bits per heavy atom.